The van der Waals surface area contributed by atoms with E-state index in [-0.39, 0.29) is 47.3 Å². The summed E-state index contributed by atoms with van der Waals surface area (Å²) in [5.41, 5.74) is 8.62. The van der Waals surface area contributed by atoms with Crippen molar-refractivity contribution in [1.29, 1.82) is 0 Å². The first-order valence-corrected chi connectivity index (χ1v) is 33.7. The van der Waals surface area contributed by atoms with Crippen LogP contribution >= 0.6 is 24.2 Å². The summed E-state index contributed by atoms with van der Waals surface area (Å²) in [6, 6.07) is 43.7. The maximum absolute atomic E-state index is 13.5. The molecule has 2 saturated heterocycles. The minimum Gasteiger partial charge on any atom is -0.497 e. The number of methoxy groups -OCH3 is 6. The number of aromatic nitrogens is 2. The Labute approximate surface area is 576 Å². The van der Waals surface area contributed by atoms with Crippen LogP contribution in [0.3, 0.4) is 0 Å². The SMILES string of the molecule is CN(C)CCC(c1ccc(Cl)cc1)c1ccccn1.CN(C)CCOC(c1ccccc1)c1ccccc1.COC(=O)[C@H]1[C@H]2C[C@@H]3c4[nH]c5cc(OC)ccc5c4CCN3C[C@H]2C[C@@H](OC(=O)c2cc(OC)c(OC)c(OC)c2)[C@@H]1OC.C[C@H](CS)C(=O)N1CCC[C@H]1C(=O)O. The van der Waals surface area contributed by atoms with Gasteiger partial charge in [-0.15, -0.1) is 0 Å². The van der Waals surface area contributed by atoms with Gasteiger partial charge in [0, 0.05) is 90.5 Å². The van der Waals surface area contributed by atoms with Gasteiger partial charge in [0.2, 0.25) is 11.7 Å². The Bertz CT molecular complexity index is 3540. The average molecular weight is 1360 g/mol. The lowest BCUT2D eigenvalue weighted by Gasteiger charge is -2.52. The smallest absolute Gasteiger partial charge is 0.338 e. The number of benzene rings is 5. The Balaban J connectivity index is 0.000000187. The van der Waals surface area contributed by atoms with Crippen molar-refractivity contribution in [1.82, 2.24) is 29.6 Å². The first-order valence-electron chi connectivity index (χ1n) is 32.7. The third-order valence-electron chi connectivity index (χ3n) is 18.5. The topological polar surface area (TPSA) is 204 Å². The van der Waals surface area contributed by atoms with Gasteiger partial charge in [0.25, 0.3) is 0 Å². The number of nitrogens with zero attached hydrogens (tertiary/aromatic N) is 5. The summed E-state index contributed by atoms with van der Waals surface area (Å²) in [6.07, 6.45) is 5.19. The molecule has 0 radical (unpaired) electrons. The fraction of sp³-hybridized carbons (Fsp3) is 0.453. The number of carboxylic acid groups (broad SMARTS) is 1. The molecule has 2 aromatic heterocycles. The molecule has 1 unspecified atom stereocenters. The zero-order valence-electron chi connectivity index (χ0n) is 57.2. The number of rotatable bonds is 22. The van der Waals surface area contributed by atoms with E-state index in [4.69, 9.17) is 54.6 Å². The van der Waals surface area contributed by atoms with E-state index < -0.39 is 36.1 Å². The number of pyridine rings is 1. The Kier molecular flexibility index (Phi) is 27.8. The van der Waals surface area contributed by atoms with Crippen LogP contribution in [0.4, 0.5) is 0 Å². The Morgan fingerprint density at radius 1 is 0.760 bits per heavy atom. The molecule has 21 heteroatoms. The number of thiol groups is 1. The van der Waals surface area contributed by atoms with Crippen molar-refractivity contribution in [2.24, 2.45) is 23.7 Å². The van der Waals surface area contributed by atoms with Crippen LogP contribution in [0, 0.1) is 23.7 Å². The number of carbonyl (C=O) groups excluding carboxylic acids is 3. The standard InChI is InChI=1S/C33H40N2O9.C17H21NO.C16H19ClN2.C9H15NO3S/c1-38-19-7-8-20-21-9-10-35-16-18-13-27(44-32(36)17-11-25(39-2)30(41-4)26(12-17)40-3)31(42-5)28(33(37)43-6)22(18)15-24(35)29(21)34-23(20)14-19;1-18(2)13-14-19-17(15-9-5-3-6-10-15)16-11-7-4-8-12-16;1-19(2)12-10-15(16-5-3-4-11-18-16)13-6-8-14(17)9-7-13;1-6(5-14)8(11)10-4-2-3-7(10)9(12)13/h7-8,11-12,14,18,22,24,27-28,31,34H,9-10,13,15-16H2,1-6H3;3-12,17H,13-14H2,1-2H3;3-9,11,15H,10,12H2,1-2H3;6-7,14H,2-5H2,1H3,(H,12,13)/t18-,22+,24-,27-,28+,31+;;;6-,7+/m1..1/s1. The summed E-state index contributed by atoms with van der Waals surface area (Å²) in [5.74, 6) is 0.0314. The minimum atomic E-state index is -0.901. The maximum atomic E-state index is 13.5. The average Bonchev–Trinajstić information content (AvgIpc) is 1.39. The number of fused-ring (bicyclic) bond motifs is 6. The molecule has 1 aliphatic carbocycles. The van der Waals surface area contributed by atoms with E-state index in [0.29, 0.717) is 48.3 Å². The maximum Gasteiger partial charge on any atom is 0.338 e. The molecule has 11 rings (SSSR count). The van der Waals surface area contributed by atoms with Gasteiger partial charge in [-0.05, 0) is 156 Å². The number of hydrogen-bond acceptors (Lipinski definition) is 17. The quantitative estimate of drug-likeness (QED) is 0.0426. The molecule has 19 nitrogen and oxygen atoms in total. The van der Waals surface area contributed by atoms with Crippen molar-refractivity contribution in [3.63, 3.8) is 0 Å². The van der Waals surface area contributed by atoms with Gasteiger partial charge in [-0.1, -0.05) is 97.4 Å². The molecule has 96 heavy (non-hydrogen) atoms. The van der Waals surface area contributed by atoms with Gasteiger partial charge in [0.1, 0.15) is 30.1 Å². The summed E-state index contributed by atoms with van der Waals surface area (Å²) in [4.78, 5) is 66.0. The number of ether oxygens (including phenoxy) is 8. The van der Waals surface area contributed by atoms with E-state index >= 15 is 0 Å². The predicted octanol–water partition coefficient (Wildman–Crippen LogP) is 12.0. The van der Waals surface area contributed by atoms with Crippen LogP contribution in [0.25, 0.3) is 10.9 Å². The van der Waals surface area contributed by atoms with Crippen LogP contribution in [0.15, 0.2) is 140 Å². The second-order valence-corrected chi connectivity index (χ2v) is 25.9. The van der Waals surface area contributed by atoms with Crippen molar-refractivity contribution in [2.75, 3.05) is 116 Å². The van der Waals surface area contributed by atoms with E-state index in [0.717, 1.165) is 80.5 Å². The Morgan fingerprint density at radius 3 is 1.98 bits per heavy atom. The van der Waals surface area contributed by atoms with Crippen LogP contribution < -0.4 is 18.9 Å². The number of carbonyl (C=O) groups is 4. The van der Waals surface area contributed by atoms with E-state index in [1.165, 1.54) is 66.7 Å². The molecule has 1 saturated carbocycles. The number of esters is 2. The molecular formula is C75H95ClN6O13S. The van der Waals surface area contributed by atoms with Crippen LogP contribution in [-0.2, 0) is 39.8 Å². The monoisotopic (exact) mass is 1350 g/mol. The molecule has 0 spiro atoms. The van der Waals surface area contributed by atoms with Crippen molar-refractivity contribution in [3.8, 4) is 23.0 Å². The molecule has 5 heterocycles. The Morgan fingerprint density at radius 2 is 1.42 bits per heavy atom. The molecule has 516 valence electrons. The molecular weight excluding hydrogens is 1260 g/mol. The number of piperidine rings is 1. The number of aromatic amines is 1. The summed E-state index contributed by atoms with van der Waals surface area (Å²) in [6.45, 7) is 6.70. The van der Waals surface area contributed by atoms with Gasteiger partial charge < -0.3 is 62.7 Å². The van der Waals surface area contributed by atoms with Crippen molar-refractivity contribution < 1.29 is 62.2 Å². The number of likely N-dealkylation sites (tertiary alicyclic amines) is 1. The number of H-pyrrole nitrogens is 1. The summed E-state index contributed by atoms with van der Waals surface area (Å²) < 4.78 is 45.2. The summed E-state index contributed by atoms with van der Waals surface area (Å²) in [5, 5.41) is 10.9. The normalized spacial score (nSPS) is 20.1. The van der Waals surface area contributed by atoms with Gasteiger partial charge >= 0.3 is 17.9 Å². The highest BCUT2D eigenvalue weighted by Gasteiger charge is 2.55. The van der Waals surface area contributed by atoms with Gasteiger partial charge in [-0.25, -0.2) is 9.59 Å². The Hall–Kier alpha value is -7.69. The van der Waals surface area contributed by atoms with E-state index in [1.807, 2.05) is 54.7 Å². The highest BCUT2D eigenvalue weighted by atomic mass is 35.5. The number of halogens is 1. The van der Waals surface area contributed by atoms with E-state index in [1.54, 1.807) is 33.3 Å². The van der Waals surface area contributed by atoms with Gasteiger partial charge in [0.05, 0.1) is 59.7 Å². The lowest BCUT2D eigenvalue weighted by molar-refractivity contribution is -0.176. The fourth-order valence-corrected chi connectivity index (χ4v) is 13.8. The second-order valence-electron chi connectivity index (χ2n) is 25.1. The van der Waals surface area contributed by atoms with Gasteiger partial charge in [-0.3, -0.25) is 19.5 Å². The predicted molar refractivity (Wildman–Crippen MR) is 376 cm³/mol. The molecule has 9 atom stereocenters. The van der Waals surface area contributed by atoms with Gasteiger partial charge in [-0.2, -0.15) is 12.6 Å². The molecule has 7 aromatic rings. The molecule has 3 aliphatic heterocycles. The summed E-state index contributed by atoms with van der Waals surface area (Å²) in [7, 11) is 17.4. The van der Waals surface area contributed by atoms with E-state index in [9.17, 15) is 19.2 Å². The summed E-state index contributed by atoms with van der Waals surface area (Å²) >= 11 is 10.00. The van der Waals surface area contributed by atoms with Crippen molar-refractivity contribution in [2.45, 2.75) is 81.8 Å². The molecule has 4 aliphatic rings. The van der Waals surface area contributed by atoms with E-state index in [2.05, 4.69) is 138 Å². The third kappa shape index (κ3) is 18.7. The first kappa shape index (κ1) is 74.1. The largest absolute Gasteiger partial charge is 0.497 e. The van der Waals surface area contributed by atoms with Crippen LogP contribution in [-0.4, -0.2) is 193 Å². The van der Waals surface area contributed by atoms with Crippen molar-refractivity contribution in [3.05, 3.63) is 184 Å². The number of amides is 1. The number of likely N-dealkylation sites (N-methyl/N-ethyl adjacent to an activating group) is 1. The molecule has 1 amide bonds. The molecule has 0 bridgehead atoms. The van der Waals surface area contributed by atoms with Crippen LogP contribution in [0.2, 0.25) is 5.02 Å². The number of carboxylic acids is 1. The highest BCUT2D eigenvalue weighted by Crippen LogP contribution is 2.51. The minimum absolute atomic E-state index is 0.0161. The number of aliphatic carboxylic acids is 1. The zero-order chi connectivity index (χ0) is 69.0. The van der Waals surface area contributed by atoms with Crippen LogP contribution in [0.1, 0.15) is 101 Å². The number of hydrogen-bond donors (Lipinski definition) is 3. The second kappa shape index (κ2) is 36.1. The fourth-order valence-electron chi connectivity index (χ4n) is 13.6. The zero-order valence-corrected chi connectivity index (χ0v) is 58.8. The van der Waals surface area contributed by atoms with Crippen molar-refractivity contribution >= 4 is 58.9 Å². The molecule has 2 N–H and O–H groups in total. The lowest BCUT2D eigenvalue weighted by Crippen LogP contribution is -2.58. The lowest BCUT2D eigenvalue weighted by atomic mass is 9.63. The molecule has 3 fully saturated rings. The first-order chi connectivity index (χ1) is 46.4. The third-order valence-corrected chi connectivity index (χ3v) is 19.3. The number of nitrogens with one attached hydrogen (secondary N) is 1. The van der Waals surface area contributed by atoms with Crippen LogP contribution in [0.5, 0.6) is 23.0 Å². The van der Waals surface area contributed by atoms with Gasteiger partial charge in [0.15, 0.2) is 11.5 Å². The highest BCUT2D eigenvalue weighted by molar-refractivity contribution is 7.80. The molecule has 5 aromatic carbocycles.